The molecule has 0 unspecified atom stereocenters. The number of rotatable bonds is 2. The van der Waals surface area contributed by atoms with Crippen LogP contribution in [-0.2, 0) is 9.56 Å². The molecule has 0 aliphatic carbocycles. The molecule has 76 valence electrons. The highest BCUT2D eigenvalue weighted by molar-refractivity contribution is 14.1. The summed E-state index contributed by atoms with van der Waals surface area (Å²) in [6, 6.07) is 1.80. The molecule has 0 fully saturated rings. The topological polar surface area (TPSA) is 36.2 Å². The van der Waals surface area contributed by atoms with Crippen LogP contribution in [0.2, 0.25) is 0 Å². The van der Waals surface area contributed by atoms with Crippen LogP contribution < -0.4 is 11.0 Å². The third kappa shape index (κ3) is 1.83. The highest BCUT2D eigenvalue weighted by Gasteiger charge is 2.09. The van der Waals surface area contributed by atoms with E-state index in [1.54, 1.807) is 52.5 Å². The van der Waals surface area contributed by atoms with Crippen molar-refractivity contribution in [3.63, 3.8) is 0 Å². The molecule has 2 aromatic rings. The first-order valence-corrected chi connectivity index (χ1v) is 5.65. The van der Waals surface area contributed by atoms with Gasteiger partial charge >= 0.3 is 0 Å². The summed E-state index contributed by atoms with van der Waals surface area (Å²) in [6.45, 7) is 0. The number of aryl methyl sites for hydroxylation is 1. The highest BCUT2D eigenvalue weighted by Crippen LogP contribution is 2.18. The summed E-state index contributed by atoms with van der Waals surface area (Å²) in [5, 5.41) is 0.749. The molecule has 0 saturated heterocycles. The van der Waals surface area contributed by atoms with Crippen molar-refractivity contribution in [1.82, 2.24) is 8.54 Å². The van der Waals surface area contributed by atoms with Gasteiger partial charge in [0.2, 0.25) is 0 Å². The Morgan fingerprint density at radius 2 is 2.33 bits per heavy atom. The Morgan fingerprint density at radius 3 is 3.00 bits per heavy atom. The normalized spacial score (nSPS) is 11.1. The maximum Gasteiger partial charge on any atom is 0.275 e. The van der Waals surface area contributed by atoms with Crippen molar-refractivity contribution in [2.24, 2.45) is 7.05 Å². The van der Waals surface area contributed by atoms with Gasteiger partial charge in [0.05, 0.1) is 0 Å². The lowest BCUT2D eigenvalue weighted by Gasteiger charge is -2.04. The smallest absolute Gasteiger partial charge is 0.275 e. The van der Waals surface area contributed by atoms with Gasteiger partial charge in [-0.2, -0.15) is 0 Å². The molecule has 2 rings (SSSR count). The number of nitrogens with zero attached hydrogens (tertiary/aromatic N) is 2. The Labute approximate surface area is 106 Å². The number of pyridine rings is 1. The Hall–Kier alpha value is -0.405. The lowest BCUT2D eigenvalue weighted by molar-refractivity contribution is 0.827. The highest BCUT2D eigenvalue weighted by atomic mass is 127. The summed E-state index contributed by atoms with van der Waals surface area (Å²) in [4.78, 5) is 11.9. The Bertz CT molecular complexity index is 566. The molecule has 15 heavy (non-hydrogen) atoms. The first kappa shape index (κ1) is 11.1. The van der Waals surface area contributed by atoms with Crippen LogP contribution in [0.25, 0.3) is 10.9 Å². The maximum atomic E-state index is 11.9. The molecule has 7 heteroatoms. The second-order valence-electron chi connectivity index (χ2n) is 3.04. The van der Waals surface area contributed by atoms with Crippen LogP contribution in [0, 0.1) is 0 Å². The van der Waals surface area contributed by atoms with Crippen molar-refractivity contribution in [3.8, 4) is 0 Å². The third-order valence-corrected chi connectivity index (χ3v) is 3.13. The van der Waals surface area contributed by atoms with E-state index in [9.17, 15) is 4.79 Å². The van der Waals surface area contributed by atoms with E-state index in [0.717, 1.165) is 17.6 Å². The van der Waals surface area contributed by atoms with Crippen LogP contribution in [0.3, 0.4) is 0 Å². The van der Waals surface area contributed by atoms with E-state index in [4.69, 9.17) is 10.4 Å². The van der Waals surface area contributed by atoms with Crippen molar-refractivity contribution in [2.75, 3.05) is 0 Å². The zero-order chi connectivity index (χ0) is 11.0. The Morgan fingerprint density at radius 1 is 1.60 bits per heavy atom. The zero-order valence-corrected chi connectivity index (χ0v) is 10.8. The minimum Gasteiger partial charge on any atom is -0.317 e. The molecular formula is C8H6BIN2O2S. The second kappa shape index (κ2) is 4.22. The lowest BCUT2D eigenvalue weighted by atomic mass is 9.95. The Kier molecular flexibility index (Phi) is 3.12. The van der Waals surface area contributed by atoms with E-state index in [1.165, 1.54) is 4.57 Å². The van der Waals surface area contributed by atoms with Gasteiger partial charge in [-0.3, -0.25) is 8.77 Å². The van der Waals surface area contributed by atoms with Gasteiger partial charge in [0, 0.05) is 24.8 Å². The lowest BCUT2D eigenvalue weighted by Crippen LogP contribution is -2.23. The van der Waals surface area contributed by atoms with Crippen molar-refractivity contribution < 1.29 is 2.51 Å². The van der Waals surface area contributed by atoms with E-state index in [1.807, 2.05) is 0 Å². The van der Waals surface area contributed by atoms with Crippen LogP contribution in [0.5, 0.6) is 0 Å². The summed E-state index contributed by atoms with van der Waals surface area (Å²) >= 11 is 2.83. The van der Waals surface area contributed by atoms with Gasteiger partial charge in [-0.05, 0) is 6.07 Å². The molecule has 0 saturated carbocycles. The van der Waals surface area contributed by atoms with Crippen LogP contribution in [0.4, 0.5) is 0 Å². The molecular weight excluding hydrogens is 326 g/mol. The molecule has 0 aliphatic rings. The van der Waals surface area contributed by atoms with Crippen LogP contribution in [0.15, 0.2) is 23.3 Å². The summed E-state index contributed by atoms with van der Waals surface area (Å²) in [6.07, 6.45) is 3.37. The third-order valence-electron chi connectivity index (χ3n) is 2.13. The van der Waals surface area contributed by atoms with Gasteiger partial charge in [-0.15, -0.1) is 0 Å². The molecule has 0 atom stereocenters. The summed E-state index contributed by atoms with van der Waals surface area (Å²) in [5.74, 6) is 0. The molecule has 0 aliphatic heterocycles. The largest absolute Gasteiger partial charge is 0.317 e. The second-order valence-corrected chi connectivity index (χ2v) is 4.79. The molecule has 0 amide bonds. The van der Waals surface area contributed by atoms with Crippen molar-refractivity contribution >= 4 is 59.4 Å². The molecule has 2 radical (unpaired) electrons. The van der Waals surface area contributed by atoms with E-state index < -0.39 is 0 Å². The number of aromatic nitrogens is 2. The number of halogens is 1. The number of hydrogen-bond donors (Lipinski definition) is 0. The Balaban J connectivity index is 2.83. The van der Waals surface area contributed by atoms with Gasteiger partial charge in [0.15, 0.2) is 0 Å². The SMILES string of the molecule is [B]c1cn(C)c(=O)c2c1ccn2SOI. The fourth-order valence-electron chi connectivity index (χ4n) is 1.45. The zero-order valence-electron chi connectivity index (χ0n) is 7.81. The molecule has 4 nitrogen and oxygen atoms in total. The monoisotopic (exact) mass is 332 g/mol. The van der Waals surface area contributed by atoms with Crippen LogP contribution in [-0.4, -0.2) is 16.4 Å². The van der Waals surface area contributed by atoms with Crippen LogP contribution in [0.1, 0.15) is 0 Å². The van der Waals surface area contributed by atoms with Gasteiger partial charge in [0.25, 0.3) is 5.56 Å². The standard InChI is InChI=1S/C8H6BIN2O2S/c1-11-4-6(9)5-2-3-12(15-14-10)7(5)8(11)13/h2-4H,1H3. The van der Waals surface area contributed by atoms with Gasteiger partial charge in [0.1, 0.15) is 48.6 Å². The average Bonchev–Trinajstić information content (AvgIpc) is 2.60. The number of fused-ring (bicyclic) bond motifs is 1. The average molecular weight is 332 g/mol. The van der Waals surface area contributed by atoms with Crippen molar-refractivity contribution in [2.45, 2.75) is 0 Å². The van der Waals surface area contributed by atoms with Gasteiger partial charge in [-0.1, -0.05) is 5.46 Å². The van der Waals surface area contributed by atoms with Crippen LogP contribution >= 0.6 is 35.2 Å². The maximum absolute atomic E-state index is 11.9. The molecule has 0 N–H and O–H groups in total. The summed E-state index contributed by atoms with van der Waals surface area (Å²) < 4.78 is 8.00. The molecule has 0 bridgehead atoms. The molecule has 0 spiro atoms. The minimum absolute atomic E-state index is 0.0925. The van der Waals surface area contributed by atoms with Crippen molar-refractivity contribution in [3.05, 3.63) is 28.8 Å². The molecule has 2 heterocycles. The van der Waals surface area contributed by atoms with E-state index in [0.29, 0.717) is 11.0 Å². The van der Waals surface area contributed by atoms with E-state index in [-0.39, 0.29) is 5.56 Å². The predicted molar refractivity (Wildman–Crippen MR) is 70.7 cm³/mol. The van der Waals surface area contributed by atoms with Gasteiger partial charge in [-0.25, -0.2) is 2.51 Å². The minimum atomic E-state index is -0.0925. The quantitative estimate of drug-likeness (QED) is 0.466. The predicted octanol–water partition coefficient (Wildman–Crippen LogP) is 0.912. The summed E-state index contributed by atoms with van der Waals surface area (Å²) in [7, 11) is 7.48. The molecule has 2 aromatic heterocycles. The first-order valence-electron chi connectivity index (χ1n) is 4.07. The van der Waals surface area contributed by atoms with E-state index >= 15 is 0 Å². The molecule has 0 aromatic carbocycles. The fourth-order valence-corrected chi connectivity index (χ4v) is 2.40. The first-order chi connectivity index (χ1) is 7.15. The van der Waals surface area contributed by atoms with Crippen molar-refractivity contribution in [1.29, 1.82) is 0 Å². The summed E-state index contributed by atoms with van der Waals surface area (Å²) in [5.41, 5.74) is 1.03. The van der Waals surface area contributed by atoms with Gasteiger partial charge < -0.3 is 4.57 Å². The fraction of sp³-hybridized carbons (Fsp3) is 0.125. The number of hydrogen-bond acceptors (Lipinski definition) is 3. The van der Waals surface area contributed by atoms with E-state index in [2.05, 4.69) is 0 Å².